The van der Waals surface area contributed by atoms with Gasteiger partial charge in [-0.05, 0) is 79.9 Å². The van der Waals surface area contributed by atoms with Gasteiger partial charge in [-0.3, -0.25) is 14.9 Å². The number of hydrogen-bond donors (Lipinski definition) is 1. The Bertz CT molecular complexity index is 1190. The molecule has 1 fully saturated rings. The average molecular weight is 472 g/mol. The van der Waals surface area contributed by atoms with E-state index in [2.05, 4.69) is 31.0 Å². The molecule has 166 valence electrons. The van der Waals surface area contributed by atoms with Crippen LogP contribution in [0, 0.1) is 5.82 Å². The number of para-hydroxylation sites is 1. The van der Waals surface area contributed by atoms with E-state index in [0.29, 0.717) is 10.6 Å². The van der Waals surface area contributed by atoms with Crippen molar-refractivity contribution in [2.75, 3.05) is 16.8 Å². The summed E-state index contributed by atoms with van der Waals surface area (Å²) in [6, 6.07) is 9.55. The quantitative estimate of drug-likeness (QED) is 0.379. The molecule has 2 amide bonds. The number of nitrogens with zero attached hydrogens (tertiary/aromatic N) is 2. The number of anilines is 2. The predicted octanol–water partition coefficient (Wildman–Crippen LogP) is 5.03. The molecule has 1 unspecified atom stereocenters. The number of amides is 2. The highest BCUT2D eigenvalue weighted by Gasteiger charge is 2.37. The van der Waals surface area contributed by atoms with Crippen molar-refractivity contribution in [2.24, 2.45) is 0 Å². The van der Waals surface area contributed by atoms with Gasteiger partial charge in [0.05, 0.1) is 5.69 Å². The van der Waals surface area contributed by atoms with Crippen LogP contribution in [0.4, 0.5) is 15.8 Å². The smallest absolute Gasteiger partial charge is 0.270 e. The molecule has 1 N–H and O–H groups in total. The maximum Gasteiger partial charge on any atom is 0.270 e. The molecule has 2 heterocycles. The molecular weight excluding hydrogens is 449 g/mol. The van der Waals surface area contributed by atoms with Crippen LogP contribution in [0.5, 0.6) is 0 Å². The van der Waals surface area contributed by atoms with E-state index >= 15 is 0 Å². The van der Waals surface area contributed by atoms with Gasteiger partial charge in [0.2, 0.25) is 0 Å². The molecule has 2 aromatic carbocycles. The second-order valence-electron chi connectivity index (χ2n) is 8.82. The number of fused-ring (bicyclic) bond motifs is 1. The van der Waals surface area contributed by atoms with E-state index in [1.807, 2.05) is 19.2 Å². The van der Waals surface area contributed by atoms with Gasteiger partial charge in [0.25, 0.3) is 11.8 Å². The summed E-state index contributed by atoms with van der Waals surface area (Å²) in [6.45, 7) is 6.51. The number of carbonyl (C=O) groups is 2. The molecule has 0 aromatic heterocycles. The van der Waals surface area contributed by atoms with Crippen LogP contribution in [0.15, 0.2) is 42.0 Å². The lowest BCUT2D eigenvalue weighted by molar-refractivity contribution is -0.122. The normalized spacial score (nSPS) is 21.6. The molecule has 0 bridgehead atoms. The van der Waals surface area contributed by atoms with Gasteiger partial charge in [0.15, 0.2) is 5.11 Å². The first-order valence-corrected chi connectivity index (χ1v) is 11.0. The Labute approximate surface area is 196 Å². The van der Waals surface area contributed by atoms with Crippen LogP contribution in [0.25, 0.3) is 6.08 Å². The SMILES string of the molecule is CC1CC(C)(C)N(C)c2cc(Cl)c(/C=C3\C(=O)NC(=S)N(c4ccccc4F)C3=O)cc21. The fraction of sp³-hybridized carbons (Fsp3) is 0.292. The number of benzene rings is 2. The number of carbonyl (C=O) groups excluding carboxylic acids is 2. The molecule has 2 aliphatic rings. The van der Waals surface area contributed by atoms with Crippen molar-refractivity contribution in [3.63, 3.8) is 0 Å². The second kappa shape index (κ2) is 7.98. The van der Waals surface area contributed by atoms with E-state index < -0.39 is 17.6 Å². The lowest BCUT2D eigenvalue weighted by Gasteiger charge is -2.45. The Morgan fingerprint density at radius 3 is 2.59 bits per heavy atom. The average Bonchev–Trinajstić information content (AvgIpc) is 2.71. The molecule has 5 nitrogen and oxygen atoms in total. The van der Waals surface area contributed by atoms with Crippen LogP contribution in [0.1, 0.15) is 44.2 Å². The molecule has 2 aliphatic heterocycles. The van der Waals surface area contributed by atoms with Crippen molar-refractivity contribution in [3.8, 4) is 0 Å². The lowest BCUT2D eigenvalue weighted by atomic mass is 9.80. The highest BCUT2D eigenvalue weighted by Crippen LogP contribution is 2.44. The topological polar surface area (TPSA) is 52.7 Å². The summed E-state index contributed by atoms with van der Waals surface area (Å²) in [6.07, 6.45) is 2.39. The van der Waals surface area contributed by atoms with E-state index in [-0.39, 0.29) is 27.8 Å². The maximum atomic E-state index is 14.4. The summed E-state index contributed by atoms with van der Waals surface area (Å²) in [5.74, 6) is -1.70. The highest BCUT2D eigenvalue weighted by atomic mass is 35.5. The molecule has 4 rings (SSSR count). The third-order valence-corrected chi connectivity index (χ3v) is 6.86. The summed E-state index contributed by atoms with van der Waals surface area (Å²) < 4.78 is 14.4. The molecule has 2 aromatic rings. The summed E-state index contributed by atoms with van der Waals surface area (Å²) in [4.78, 5) is 29.0. The van der Waals surface area contributed by atoms with Gasteiger partial charge in [-0.15, -0.1) is 0 Å². The number of hydrogen-bond acceptors (Lipinski definition) is 4. The highest BCUT2D eigenvalue weighted by molar-refractivity contribution is 7.80. The van der Waals surface area contributed by atoms with Crippen molar-refractivity contribution in [1.29, 1.82) is 0 Å². The van der Waals surface area contributed by atoms with Crippen LogP contribution < -0.4 is 15.1 Å². The van der Waals surface area contributed by atoms with Crippen LogP contribution in [0.3, 0.4) is 0 Å². The first-order chi connectivity index (χ1) is 15.0. The Morgan fingerprint density at radius 2 is 1.91 bits per heavy atom. The molecule has 1 atom stereocenters. The van der Waals surface area contributed by atoms with Crippen LogP contribution >= 0.6 is 23.8 Å². The predicted molar refractivity (Wildman–Crippen MR) is 130 cm³/mol. The van der Waals surface area contributed by atoms with E-state index in [1.54, 1.807) is 6.07 Å². The first kappa shape index (κ1) is 22.4. The number of halogens is 2. The Hall–Kier alpha value is -2.77. The van der Waals surface area contributed by atoms with Gasteiger partial charge in [-0.25, -0.2) is 9.29 Å². The minimum Gasteiger partial charge on any atom is -0.369 e. The first-order valence-electron chi connectivity index (χ1n) is 10.2. The zero-order chi connectivity index (χ0) is 23.4. The van der Waals surface area contributed by atoms with Gasteiger partial charge >= 0.3 is 0 Å². The monoisotopic (exact) mass is 471 g/mol. The second-order valence-corrected chi connectivity index (χ2v) is 9.61. The van der Waals surface area contributed by atoms with Crippen molar-refractivity contribution >= 4 is 58.2 Å². The van der Waals surface area contributed by atoms with E-state index in [0.717, 1.165) is 22.6 Å². The fourth-order valence-corrected chi connectivity index (χ4v) is 4.87. The molecule has 0 spiro atoms. The van der Waals surface area contributed by atoms with Crippen LogP contribution in [-0.4, -0.2) is 29.5 Å². The number of nitrogens with one attached hydrogen (secondary N) is 1. The molecular formula is C24H23ClFN3O2S. The summed E-state index contributed by atoms with van der Waals surface area (Å²) in [5, 5.41) is 2.72. The zero-order valence-electron chi connectivity index (χ0n) is 18.2. The molecule has 0 saturated carbocycles. The molecule has 1 saturated heterocycles. The Kier molecular flexibility index (Phi) is 5.59. The summed E-state index contributed by atoms with van der Waals surface area (Å²) in [7, 11) is 2.03. The zero-order valence-corrected chi connectivity index (χ0v) is 19.8. The summed E-state index contributed by atoms with van der Waals surface area (Å²) >= 11 is 11.7. The molecule has 0 radical (unpaired) electrons. The van der Waals surface area contributed by atoms with Gasteiger partial charge in [0.1, 0.15) is 11.4 Å². The number of thiocarbonyl (C=S) groups is 1. The maximum absolute atomic E-state index is 14.4. The van der Waals surface area contributed by atoms with Crippen molar-refractivity contribution in [1.82, 2.24) is 5.32 Å². The Balaban J connectivity index is 1.79. The van der Waals surface area contributed by atoms with Crippen LogP contribution in [-0.2, 0) is 9.59 Å². The van der Waals surface area contributed by atoms with Crippen molar-refractivity contribution < 1.29 is 14.0 Å². The van der Waals surface area contributed by atoms with Gasteiger partial charge < -0.3 is 4.90 Å². The molecule has 8 heteroatoms. The minimum absolute atomic E-state index is 0.0229. The number of rotatable bonds is 2. The van der Waals surface area contributed by atoms with Crippen molar-refractivity contribution in [2.45, 2.75) is 38.6 Å². The third kappa shape index (κ3) is 3.69. The third-order valence-electron chi connectivity index (χ3n) is 6.25. The fourth-order valence-electron chi connectivity index (χ4n) is 4.38. The van der Waals surface area contributed by atoms with Crippen molar-refractivity contribution in [3.05, 3.63) is 63.9 Å². The summed E-state index contributed by atoms with van der Waals surface area (Å²) in [5.41, 5.74) is 2.45. The van der Waals surface area contributed by atoms with E-state index in [9.17, 15) is 14.0 Å². The van der Waals surface area contributed by atoms with Gasteiger partial charge in [0, 0.05) is 23.3 Å². The minimum atomic E-state index is -0.705. The van der Waals surface area contributed by atoms with Gasteiger partial charge in [-0.2, -0.15) is 0 Å². The molecule has 0 aliphatic carbocycles. The largest absolute Gasteiger partial charge is 0.369 e. The van der Waals surface area contributed by atoms with Crippen LogP contribution in [0.2, 0.25) is 5.02 Å². The van der Waals surface area contributed by atoms with E-state index in [4.69, 9.17) is 23.8 Å². The molecule has 32 heavy (non-hydrogen) atoms. The standard InChI is InChI=1S/C24H23ClFN3O2S/c1-13-12-24(2,3)28(4)20-11-17(25)14(9-15(13)20)10-16-21(30)27-23(32)29(22(16)31)19-8-6-5-7-18(19)26/h5-11,13H,12H2,1-4H3,(H,27,30,32)/b16-10+. The Morgan fingerprint density at radius 1 is 1.22 bits per heavy atom. The van der Waals surface area contributed by atoms with Gasteiger partial charge in [-0.1, -0.05) is 30.7 Å². The lowest BCUT2D eigenvalue weighted by Crippen LogP contribution is -2.54. The van der Waals surface area contributed by atoms with E-state index in [1.165, 1.54) is 24.3 Å².